The molecule has 0 aliphatic rings. The summed E-state index contributed by atoms with van der Waals surface area (Å²) < 4.78 is 93.8. The van der Waals surface area contributed by atoms with Gasteiger partial charge in [-0.15, -0.1) is 20.4 Å². The zero-order valence-electron chi connectivity index (χ0n) is 47.4. The predicted octanol–water partition coefficient (Wildman–Crippen LogP) is 8.45. The summed E-state index contributed by atoms with van der Waals surface area (Å²) in [6.45, 7) is 18.1. The Balaban J connectivity index is 0.000000231. The third-order valence-electron chi connectivity index (χ3n) is 12.6. The Morgan fingerprint density at radius 3 is 1.06 bits per heavy atom. The molecule has 2 aromatic carbocycles. The SMILES string of the molecule is COc1cccc(OC)c1-n1c(CS(=O)(=O)[C@@H](C)[C@@H](OC(C)C)c2ncc(C)cn2)nnc1-c1cncc(C)c1.COc1cccc(OC)c1-n1c(CS(=O)(=O)[C@H](C)[C@H](OC(C)C)c2ncc(C)cn2)nnc1-c1cncc(C)c1. The number of pyridine rings is 2. The van der Waals surface area contributed by atoms with E-state index in [1.165, 1.54) is 28.4 Å². The van der Waals surface area contributed by atoms with Crippen molar-refractivity contribution >= 4 is 19.7 Å². The molecule has 24 heteroatoms. The molecule has 0 aliphatic carbocycles. The maximum atomic E-state index is 14.0. The Kier molecular flexibility index (Phi) is 19.4. The second-order valence-electron chi connectivity index (χ2n) is 19.5. The summed E-state index contributed by atoms with van der Waals surface area (Å²) in [5, 5.41) is 15.5. The Morgan fingerprint density at radius 1 is 0.450 bits per heavy atom. The van der Waals surface area contributed by atoms with E-state index in [0.717, 1.165) is 22.3 Å². The third kappa shape index (κ3) is 13.8. The van der Waals surface area contributed by atoms with Crippen LogP contribution >= 0.6 is 0 Å². The summed E-state index contributed by atoms with van der Waals surface area (Å²) in [6, 6.07) is 14.4. The number of aryl methyl sites for hydroxylation is 4. The molecule has 0 radical (unpaired) electrons. The minimum atomic E-state index is -3.89. The molecule has 6 aromatic heterocycles. The second kappa shape index (κ2) is 26.0. The molecule has 0 N–H and O–H groups in total. The van der Waals surface area contributed by atoms with Gasteiger partial charge in [0.2, 0.25) is 0 Å². The van der Waals surface area contributed by atoms with Crippen LogP contribution in [0.4, 0.5) is 0 Å². The molecule has 0 fully saturated rings. The molecule has 424 valence electrons. The first-order chi connectivity index (χ1) is 38.1. The number of ether oxygens (including phenoxy) is 6. The average molecular weight is 1130 g/mol. The van der Waals surface area contributed by atoms with Crippen LogP contribution in [-0.2, 0) is 40.7 Å². The highest BCUT2D eigenvalue weighted by Gasteiger charge is 2.38. The van der Waals surface area contributed by atoms with Gasteiger partial charge in [0.15, 0.2) is 54.6 Å². The van der Waals surface area contributed by atoms with E-state index in [4.69, 9.17) is 28.4 Å². The van der Waals surface area contributed by atoms with E-state index >= 15 is 0 Å². The first-order valence-electron chi connectivity index (χ1n) is 25.6. The lowest BCUT2D eigenvalue weighted by Gasteiger charge is -2.25. The van der Waals surface area contributed by atoms with Crippen molar-refractivity contribution in [3.8, 4) is 57.1 Å². The minimum Gasteiger partial charge on any atom is -0.494 e. The van der Waals surface area contributed by atoms with E-state index in [1.807, 2.05) is 67.5 Å². The number of rotatable bonds is 22. The van der Waals surface area contributed by atoms with Crippen molar-refractivity contribution in [2.45, 2.75) is 116 Å². The lowest BCUT2D eigenvalue weighted by atomic mass is 10.2. The van der Waals surface area contributed by atoms with Gasteiger partial charge in [0.25, 0.3) is 0 Å². The summed E-state index contributed by atoms with van der Waals surface area (Å²) in [4.78, 5) is 26.0. The van der Waals surface area contributed by atoms with E-state index in [1.54, 1.807) is 109 Å². The van der Waals surface area contributed by atoms with Crippen LogP contribution in [0.2, 0.25) is 0 Å². The summed E-state index contributed by atoms with van der Waals surface area (Å²) >= 11 is 0. The van der Waals surface area contributed by atoms with Gasteiger partial charge in [-0.25, -0.2) is 36.8 Å². The van der Waals surface area contributed by atoms with Crippen molar-refractivity contribution in [1.29, 1.82) is 0 Å². The van der Waals surface area contributed by atoms with Crippen molar-refractivity contribution in [3.05, 3.63) is 144 Å². The van der Waals surface area contributed by atoms with Gasteiger partial charge in [-0.3, -0.25) is 19.1 Å². The molecule has 4 atom stereocenters. The first kappa shape index (κ1) is 59.9. The molecule has 0 bridgehead atoms. The van der Waals surface area contributed by atoms with Crippen LogP contribution in [0.25, 0.3) is 34.2 Å². The highest BCUT2D eigenvalue weighted by Crippen LogP contribution is 2.39. The largest absolute Gasteiger partial charge is 0.494 e. The standard InChI is InChI=1S/2C28H34N6O5S/c2*1-17(2)39-26(27-30-13-19(4)14-31-27)20(5)40(35,36)16-24-32-33-28(21-11-18(3)12-29-15-21)34(24)25-22(37-6)9-8-10-23(25)38-7/h2*8-15,17,20,26H,16H2,1-7H3/t2*20-,26+/m10/s1. The number of hydrogen-bond donors (Lipinski definition) is 0. The predicted molar refractivity (Wildman–Crippen MR) is 300 cm³/mol. The highest BCUT2D eigenvalue weighted by molar-refractivity contribution is 7.91. The molecule has 0 unspecified atom stereocenters. The van der Waals surface area contributed by atoms with Crippen LogP contribution < -0.4 is 18.9 Å². The summed E-state index contributed by atoms with van der Waals surface area (Å²) in [5.74, 6) is 2.72. The molecule has 0 spiro atoms. The second-order valence-corrected chi connectivity index (χ2v) is 24.3. The van der Waals surface area contributed by atoms with Crippen LogP contribution in [-0.4, -0.2) is 127 Å². The lowest BCUT2D eigenvalue weighted by Crippen LogP contribution is -2.32. The number of benzene rings is 2. The Hall–Kier alpha value is -7.80. The zero-order valence-corrected chi connectivity index (χ0v) is 49.0. The lowest BCUT2D eigenvalue weighted by molar-refractivity contribution is 0.00120. The topological polar surface area (TPSA) is 262 Å². The highest BCUT2D eigenvalue weighted by atomic mass is 32.2. The molecule has 8 rings (SSSR count). The van der Waals surface area contributed by atoms with E-state index in [0.29, 0.717) is 68.8 Å². The summed E-state index contributed by atoms with van der Waals surface area (Å²) in [6.07, 6.45) is 11.0. The van der Waals surface area contributed by atoms with E-state index in [2.05, 4.69) is 50.3 Å². The Bertz CT molecular complexity index is 3330. The van der Waals surface area contributed by atoms with Crippen LogP contribution in [0.15, 0.2) is 98.1 Å². The van der Waals surface area contributed by atoms with Crippen LogP contribution in [0.5, 0.6) is 23.0 Å². The fourth-order valence-electron chi connectivity index (χ4n) is 8.57. The quantitative estimate of drug-likeness (QED) is 0.0616. The number of hydrogen-bond acceptors (Lipinski definition) is 20. The van der Waals surface area contributed by atoms with Gasteiger partial charge in [-0.1, -0.05) is 12.1 Å². The normalized spacial score (nSPS) is 13.3. The Labute approximate surface area is 467 Å². The average Bonchev–Trinajstić information content (AvgIpc) is 4.04. The first-order valence-corrected chi connectivity index (χ1v) is 29.0. The van der Waals surface area contributed by atoms with Crippen molar-refractivity contribution in [3.63, 3.8) is 0 Å². The van der Waals surface area contributed by atoms with Gasteiger partial charge >= 0.3 is 0 Å². The van der Waals surface area contributed by atoms with Gasteiger partial charge in [0.05, 0.1) is 51.1 Å². The number of para-hydroxylation sites is 2. The molecule has 0 saturated heterocycles. The Morgan fingerprint density at radius 2 is 0.775 bits per heavy atom. The fourth-order valence-corrected chi connectivity index (χ4v) is 11.3. The number of aromatic nitrogens is 12. The van der Waals surface area contributed by atoms with E-state index in [-0.39, 0.29) is 23.9 Å². The van der Waals surface area contributed by atoms with Crippen LogP contribution in [0, 0.1) is 27.7 Å². The molecule has 22 nitrogen and oxygen atoms in total. The number of nitrogens with zero attached hydrogens (tertiary/aromatic N) is 12. The van der Waals surface area contributed by atoms with E-state index in [9.17, 15) is 16.8 Å². The van der Waals surface area contributed by atoms with Gasteiger partial charge in [-0.2, -0.15) is 0 Å². The molecule has 8 aromatic rings. The molecule has 80 heavy (non-hydrogen) atoms. The molecule has 0 saturated carbocycles. The van der Waals surface area contributed by atoms with Crippen LogP contribution in [0.1, 0.15) is 99.3 Å². The fraction of sp³-hybridized carbons (Fsp3) is 0.393. The van der Waals surface area contributed by atoms with Crippen molar-refractivity contribution < 1.29 is 45.3 Å². The molecular weight excluding hydrogens is 1060 g/mol. The van der Waals surface area contributed by atoms with Crippen molar-refractivity contribution in [1.82, 2.24) is 59.4 Å². The monoisotopic (exact) mass is 1130 g/mol. The molecule has 0 aliphatic heterocycles. The third-order valence-corrected chi connectivity index (χ3v) is 16.7. The van der Waals surface area contributed by atoms with Gasteiger partial charge in [0.1, 0.15) is 58.1 Å². The smallest absolute Gasteiger partial charge is 0.170 e. The minimum absolute atomic E-state index is 0.180. The van der Waals surface area contributed by atoms with E-state index < -0.39 is 53.9 Å². The molecular formula is C56H68N12O10S2. The summed E-state index contributed by atoms with van der Waals surface area (Å²) in [7, 11) is -1.65. The summed E-state index contributed by atoms with van der Waals surface area (Å²) in [5.41, 5.74) is 5.81. The molecule has 0 amide bonds. The number of sulfone groups is 2. The maximum absolute atomic E-state index is 14.0. The van der Waals surface area contributed by atoms with Crippen molar-refractivity contribution in [2.24, 2.45) is 0 Å². The molecule has 6 heterocycles. The number of methoxy groups -OCH3 is 4. The zero-order chi connectivity index (χ0) is 58.1. The van der Waals surface area contributed by atoms with Crippen molar-refractivity contribution in [2.75, 3.05) is 28.4 Å². The van der Waals surface area contributed by atoms with Gasteiger partial charge in [0, 0.05) is 60.7 Å². The van der Waals surface area contributed by atoms with Gasteiger partial charge < -0.3 is 28.4 Å². The van der Waals surface area contributed by atoms with Gasteiger partial charge in [-0.05, 0) is 128 Å². The van der Waals surface area contributed by atoms with Crippen LogP contribution in [0.3, 0.4) is 0 Å². The maximum Gasteiger partial charge on any atom is 0.170 e.